The van der Waals surface area contributed by atoms with E-state index in [0.717, 1.165) is 38.5 Å². The van der Waals surface area contributed by atoms with Crippen LogP contribution in [0.15, 0.2) is 24.3 Å². The van der Waals surface area contributed by atoms with Crippen LogP contribution >= 0.6 is 0 Å². The van der Waals surface area contributed by atoms with E-state index in [1.165, 1.54) is 0 Å². The van der Waals surface area contributed by atoms with E-state index >= 15 is 0 Å². The third kappa shape index (κ3) is 10.3. The highest BCUT2D eigenvalue weighted by Gasteiger charge is 2.35. The number of hydrogen-bond donors (Lipinski definition) is 2. The first-order valence-corrected chi connectivity index (χ1v) is 13.1. The highest BCUT2D eigenvalue weighted by Crippen LogP contribution is 2.26. The van der Waals surface area contributed by atoms with E-state index in [4.69, 9.17) is 11.2 Å². The van der Waals surface area contributed by atoms with Crippen LogP contribution in [0.2, 0.25) is 0 Å². The fraction of sp³-hybridized carbons (Fsp3) is 0.621. The van der Waals surface area contributed by atoms with Gasteiger partial charge in [0, 0.05) is 18.2 Å². The molecule has 0 radical (unpaired) electrons. The first-order chi connectivity index (χ1) is 16.9. The number of alkyl carbamates (subject to hydrolysis) is 1. The molecule has 0 aliphatic rings. The molecule has 1 rings (SSSR count). The Labute approximate surface area is 217 Å². The van der Waals surface area contributed by atoms with E-state index in [2.05, 4.69) is 30.4 Å². The predicted molar refractivity (Wildman–Crippen MR) is 144 cm³/mol. The van der Waals surface area contributed by atoms with Gasteiger partial charge in [-0.3, -0.25) is 9.59 Å². The highest BCUT2D eigenvalue weighted by molar-refractivity contribution is 5.92. The van der Waals surface area contributed by atoms with Crippen molar-refractivity contribution in [3.63, 3.8) is 0 Å². The average molecular weight is 500 g/mol. The van der Waals surface area contributed by atoms with E-state index in [0.29, 0.717) is 17.7 Å². The molecule has 0 spiro atoms. The quantitative estimate of drug-likeness (QED) is 0.283. The maximum absolute atomic E-state index is 13.8. The number of ether oxygens (including phenoxy) is 1. The van der Waals surface area contributed by atoms with Gasteiger partial charge in [0.25, 0.3) is 0 Å². The molecule has 7 heteroatoms. The van der Waals surface area contributed by atoms with Crippen LogP contribution in [0.3, 0.4) is 0 Å². The molecular formula is C29H45N3O4. The third-order valence-electron chi connectivity index (χ3n) is 5.72. The van der Waals surface area contributed by atoms with Gasteiger partial charge in [0.1, 0.15) is 17.7 Å². The molecule has 0 bridgehead atoms. The van der Waals surface area contributed by atoms with E-state index in [1.54, 1.807) is 44.7 Å². The van der Waals surface area contributed by atoms with Gasteiger partial charge in [-0.25, -0.2) is 4.79 Å². The van der Waals surface area contributed by atoms with Gasteiger partial charge in [0.15, 0.2) is 0 Å². The topological polar surface area (TPSA) is 87.7 Å². The van der Waals surface area contributed by atoms with Crippen LogP contribution in [0, 0.1) is 12.3 Å². The van der Waals surface area contributed by atoms with Gasteiger partial charge in [0.05, 0.1) is 0 Å². The summed E-state index contributed by atoms with van der Waals surface area (Å²) in [6.45, 7) is 13.4. The summed E-state index contributed by atoms with van der Waals surface area (Å²) in [5.41, 5.74) is 0.449. The zero-order valence-electron chi connectivity index (χ0n) is 23.1. The van der Waals surface area contributed by atoms with Crippen molar-refractivity contribution in [2.24, 2.45) is 0 Å². The molecule has 0 aliphatic heterocycles. The zero-order chi connectivity index (χ0) is 27.3. The maximum Gasteiger partial charge on any atom is 0.408 e. The Bertz CT molecular complexity index is 901. The van der Waals surface area contributed by atoms with E-state index in [1.807, 2.05) is 19.1 Å². The molecule has 0 heterocycles. The lowest BCUT2D eigenvalue weighted by Crippen LogP contribution is -2.53. The van der Waals surface area contributed by atoms with Crippen molar-refractivity contribution in [1.29, 1.82) is 0 Å². The Hall–Kier alpha value is -3.01. The molecule has 0 fully saturated rings. The number of terminal acetylenes is 1. The number of rotatable bonds is 13. The fourth-order valence-corrected chi connectivity index (χ4v) is 4.01. The lowest BCUT2D eigenvalue weighted by Gasteiger charge is -2.35. The van der Waals surface area contributed by atoms with Crippen LogP contribution in [0.1, 0.15) is 104 Å². The Kier molecular flexibility index (Phi) is 13.1. The average Bonchev–Trinajstić information content (AvgIpc) is 2.79. The summed E-state index contributed by atoms with van der Waals surface area (Å²) in [6.07, 6.45) is 10.6. The number of benzene rings is 1. The second-order valence-electron chi connectivity index (χ2n) is 10.3. The molecule has 3 amide bonds. The first-order valence-electron chi connectivity index (χ1n) is 13.1. The number of hydrogen-bond acceptors (Lipinski definition) is 4. The van der Waals surface area contributed by atoms with Gasteiger partial charge >= 0.3 is 6.09 Å². The molecule has 200 valence electrons. The van der Waals surface area contributed by atoms with Crippen molar-refractivity contribution in [2.45, 2.75) is 111 Å². The number of nitrogens with one attached hydrogen (secondary N) is 2. The summed E-state index contributed by atoms with van der Waals surface area (Å²) >= 11 is 0. The third-order valence-corrected chi connectivity index (χ3v) is 5.72. The van der Waals surface area contributed by atoms with Crippen LogP contribution in [0.5, 0.6) is 0 Å². The fourth-order valence-electron chi connectivity index (χ4n) is 4.01. The monoisotopic (exact) mass is 499 g/mol. The highest BCUT2D eigenvalue weighted by atomic mass is 16.6. The summed E-state index contributed by atoms with van der Waals surface area (Å²) < 4.78 is 5.33. The van der Waals surface area contributed by atoms with Gasteiger partial charge in [-0.15, -0.1) is 6.42 Å². The van der Waals surface area contributed by atoms with Crippen LogP contribution in [-0.4, -0.2) is 47.0 Å². The van der Waals surface area contributed by atoms with Crippen molar-refractivity contribution in [2.75, 3.05) is 6.54 Å². The van der Waals surface area contributed by atoms with Crippen LogP contribution in [-0.2, 0) is 14.3 Å². The number of unbranched alkanes of at least 4 members (excludes halogenated alkanes) is 3. The molecule has 36 heavy (non-hydrogen) atoms. The molecule has 0 saturated heterocycles. The SMILES string of the molecule is C#Cc1ccccc1C(C(=O)NC(C)CCC)N(CCCCCC)C(=O)C(C)NC(=O)OC(C)(C)C. The zero-order valence-corrected chi connectivity index (χ0v) is 23.1. The first kappa shape index (κ1) is 31.0. The summed E-state index contributed by atoms with van der Waals surface area (Å²) in [7, 11) is 0. The normalized spacial score (nSPS) is 13.6. The molecule has 2 N–H and O–H groups in total. The smallest absolute Gasteiger partial charge is 0.408 e. The number of carbonyl (C=O) groups excluding carboxylic acids is 3. The number of carbonyl (C=O) groups is 3. The molecule has 7 nitrogen and oxygen atoms in total. The molecule has 3 atom stereocenters. The molecule has 1 aromatic rings. The molecule has 3 unspecified atom stereocenters. The lowest BCUT2D eigenvalue weighted by molar-refractivity contribution is -0.142. The van der Waals surface area contributed by atoms with Crippen LogP contribution in [0.25, 0.3) is 0 Å². The maximum atomic E-state index is 13.8. The van der Waals surface area contributed by atoms with E-state index in [9.17, 15) is 14.4 Å². The van der Waals surface area contributed by atoms with Crippen molar-refractivity contribution >= 4 is 17.9 Å². The molecule has 0 saturated carbocycles. The second-order valence-corrected chi connectivity index (χ2v) is 10.3. The summed E-state index contributed by atoms with van der Waals surface area (Å²) in [6, 6.07) is 5.31. The number of amides is 3. The van der Waals surface area contributed by atoms with Crippen molar-refractivity contribution in [3.8, 4) is 12.3 Å². The minimum absolute atomic E-state index is 0.0580. The van der Waals surface area contributed by atoms with Gasteiger partial charge in [-0.2, -0.15) is 0 Å². The van der Waals surface area contributed by atoms with E-state index in [-0.39, 0.29) is 17.9 Å². The Morgan fingerprint density at radius 2 is 1.69 bits per heavy atom. The van der Waals surface area contributed by atoms with Crippen molar-refractivity contribution in [3.05, 3.63) is 35.4 Å². The Balaban J connectivity index is 3.41. The van der Waals surface area contributed by atoms with Crippen LogP contribution < -0.4 is 10.6 Å². The Morgan fingerprint density at radius 3 is 2.28 bits per heavy atom. The van der Waals surface area contributed by atoms with E-state index < -0.39 is 23.8 Å². The summed E-state index contributed by atoms with van der Waals surface area (Å²) in [5.74, 6) is 2.01. The minimum Gasteiger partial charge on any atom is -0.444 e. The molecule has 0 aromatic heterocycles. The van der Waals surface area contributed by atoms with Gasteiger partial charge in [-0.1, -0.05) is 63.7 Å². The second kappa shape index (κ2) is 15.2. The molecule has 0 aliphatic carbocycles. The standard InChI is InChI=1S/C29H45N3O4/c1-9-12-13-16-20-32(27(34)22(5)31-28(35)36-29(6,7)8)25(26(33)30-21(4)17-10-2)24-19-15-14-18-23(24)11-3/h3,14-15,18-19,21-22,25H,9-10,12-13,16-17,20H2,1-2,4-8H3,(H,30,33)(H,31,35). The van der Waals surface area contributed by atoms with Crippen molar-refractivity contribution in [1.82, 2.24) is 15.5 Å². The van der Waals surface area contributed by atoms with Gasteiger partial charge in [0.2, 0.25) is 11.8 Å². The van der Waals surface area contributed by atoms with Gasteiger partial charge in [-0.05, 0) is 59.1 Å². The number of nitrogens with zero attached hydrogens (tertiary/aromatic N) is 1. The summed E-state index contributed by atoms with van der Waals surface area (Å²) in [4.78, 5) is 41.4. The minimum atomic E-state index is -0.923. The summed E-state index contributed by atoms with van der Waals surface area (Å²) in [5, 5.41) is 5.69. The lowest BCUT2D eigenvalue weighted by atomic mass is 9.96. The Morgan fingerprint density at radius 1 is 1.03 bits per heavy atom. The van der Waals surface area contributed by atoms with Crippen molar-refractivity contribution < 1.29 is 19.1 Å². The molecular weight excluding hydrogens is 454 g/mol. The van der Waals surface area contributed by atoms with Gasteiger partial charge < -0.3 is 20.3 Å². The predicted octanol–water partition coefficient (Wildman–Crippen LogP) is 5.34. The molecule has 1 aromatic carbocycles. The van der Waals surface area contributed by atoms with Crippen LogP contribution in [0.4, 0.5) is 4.79 Å². The largest absolute Gasteiger partial charge is 0.444 e.